The largest absolute Gasteiger partial charge is 0.481 e. The Morgan fingerprint density at radius 2 is 1.96 bits per heavy atom. The van der Waals surface area contributed by atoms with Crippen molar-refractivity contribution in [2.24, 2.45) is 11.8 Å². The molecule has 4 heterocycles. The van der Waals surface area contributed by atoms with E-state index < -0.39 is 23.9 Å². The Labute approximate surface area is 263 Å². The standard InChI is InChI=1S/C32H34F2N4O6S/c1-37-26(39)7-2-19-13-21(16-35-30(19)37)24-6-5-23(44-17-33)15-25(24)28-29(34)45-32(36-28)38(22-3-4-22)31(42)20(14-27(40)41)12-18-8-10-43-11-9-18/h5-6,13,15-16,18,20,22H,2-4,7-12,14,17H2,1H3,(H,40,41). The second-order valence-corrected chi connectivity index (χ2v) is 12.7. The molecule has 2 aliphatic heterocycles. The second kappa shape index (κ2) is 13.2. The zero-order chi connectivity index (χ0) is 31.7. The molecule has 6 rings (SSSR count). The molecule has 1 N–H and O–H groups in total. The molecule has 1 unspecified atom stereocenters. The minimum absolute atomic E-state index is 0.0265. The molecule has 13 heteroatoms. The summed E-state index contributed by atoms with van der Waals surface area (Å²) in [7, 11) is 1.67. The number of carbonyl (C=O) groups is 3. The molecule has 2 amide bonds. The molecule has 238 valence electrons. The lowest BCUT2D eigenvalue weighted by Gasteiger charge is -2.29. The summed E-state index contributed by atoms with van der Waals surface area (Å²) in [6.45, 7) is 0.0780. The average molecular weight is 641 g/mol. The van der Waals surface area contributed by atoms with E-state index in [-0.39, 0.29) is 46.8 Å². The average Bonchev–Trinajstić information content (AvgIpc) is 3.79. The molecule has 1 saturated carbocycles. The SMILES string of the molecule is CN1C(=O)CCc2cc(-c3ccc(OCF)cc3-c3nc(N(C(=O)C(CC(=O)O)CC4CCOCC4)C4CC4)sc3F)cnc21. The molecule has 0 spiro atoms. The number of thiazole rings is 1. The van der Waals surface area contributed by atoms with Crippen LogP contribution in [0.2, 0.25) is 0 Å². The van der Waals surface area contributed by atoms with Crippen molar-refractivity contribution >= 4 is 40.1 Å². The topological polar surface area (TPSA) is 122 Å². The summed E-state index contributed by atoms with van der Waals surface area (Å²) in [4.78, 5) is 50.1. The third kappa shape index (κ3) is 6.69. The van der Waals surface area contributed by atoms with Crippen molar-refractivity contribution < 1.29 is 37.7 Å². The number of aromatic nitrogens is 2. The Morgan fingerprint density at radius 3 is 2.67 bits per heavy atom. The fraction of sp³-hybridized carbons (Fsp3) is 0.469. The highest BCUT2D eigenvalue weighted by molar-refractivity contribution is 7.14. The fourth-order valence-corrected chi connectivity index (χ4v) is 7.06. The van der Waals surface area contributed by atoms with E-state index in [0.717, 1.165) is 29.7 Å². The number of halogens is 2. The van der Waals surface area contributed by atoms with Gasteiger partial charge in [0.25, 0.3) is 0 Å². The van der Waals surface area contributed by atoms with Crippen molar-refractivity contribution in [1.29, 1.82) is 0 Å². The molecular weight excluding hydrogens is 606 g/mol. The molecule has 1 aromatic carbocycles. The van der Waals surface area contributed by atoms with E-state index in [9.17, 15) is 23.9 Å². The van der Waals surface area contributed by atoms with Crippen molar-refractivity contribution in [1.82, 2.24) is 9.97 Å². The van der Waals surface area contributed by atoms with Crippen LogP contribution in [0.5, 0.6) is 5.75 Å². The highest BCUT2D eigenvalue weighted by Gasteiger charge is 2.40. The van der Waals surface area contributed by atoms with Crippen LogP contribution in [0.3, 0.4) is 0 Å². The summed E-state index contributed by atoms with van der Waals surface area (Å²) in [5, 5.41) is 9.16. The summed E-state index contributed by atoms with van der Waals surface area (Å²) in [6.07, 6.45) is 5.48. The number of carboxylic acid groups (broad SMARTS) is 1. The molecule has 3 aliphatic rings. The number of fused-ring (bicyclic) bond motifs is 1. The van der Waals surface area contributed by atoms with E-state index >= 15 is 4.39 Å². The van der Waals surface area contributed by atoms with Crippen molar-refractivity contribution in [3.8, 4) is 28.1 Å². The maximum absolute atomic E-state index is 15.9. The molecule has 1 atom stereocenters. The van der Waals surface area contributed by atoms with Crippen LogP contribution in [0.25, 0.3) is 22.4 Å². The van der Waals surface area contributed by atoms with Gasteiger partial charge in [-0.15, -0.1) is 0 Å². The van der Waals surface area contributed by atoms with Crippen molar-refractivity contribution in [2.45, 2.75) is 57.4 Å². The molecule has 45 heavy (non-hydrogen) atoms. The molecular formula is C32H34F2N4O6S. The van der Waals surface area contributed by atoms with Gasteiger partial charge >= 0.3 is 5.97 Å². The summed E-state index contributed by atoms with van der Waals surface area (Å²) in [5.41, 5.74) is 2.38. The van der Waals surface area contributed by atoms with Gasteiger partial charge in [-0.25, -0.2) is 14.4 Å². The van der Waals surface area contributed by atoms with Gasteiger partial charge in [0.05, 0.1) is 6.42 Å². The molecule has 3 aromatic rings. The van der Waals surface area contributed by atoms with Crippen LogP contribution >= 0.6 is 11.3 Å². The third-order valence-corrected chi connectivity index (χ3v) is 9.52. The molecule has 2 aromatic heterocycles. The van der Waals surface area contributed by atoms with Crippen LogP contribution in [0, 0.1) is 17.0 Å². The first-order chi connectivity index (χ1) is 21.7. The minimum atomic E-state index is -1.08. The number of hydrogen-bond acceptors (Lipinski definition) is 8. The highest BCUT2D eigenvalue weighted by atomic mass is 32.1. The quantitative estimate of drug-likeness (QED) is 0.286. The van der Waals surface area contributed by atoms with E-state index in [2.05, 4.69) is 9.97 Å². The number of carboxylic acids is 1. The molecule has 0 bridgehead atoms. The number of rotatable bonds is 11. The number of benzene rings is 1. The van der Waals surface area contributed by atoms with Gasteiger partial charge in [-0.1, -0.05) is 11.3 Å². The highest BCUT2D eigenvalue weighted by Crippen LogP contribution is 2.43. The van der Waals surface area contributed by atoms with Crippen LogP contribution in [0.4, 0.5) is 19.7 Å². The Morgan fingerprint density at radius 1 is 1.18 bits per heavy atom. The number of pyridine rings is 1. The first-order valence-electron chi connectivity index (χ1n) is 15.1. The van der Waals surface area contributed by atoms with E-state index in [1.807, 2.05) is 6.07 Å². The van der Waals surface area contributed by atoms with E-state index in [1.54, 1.807) is 25.4 Å². The van der Waals surface area contributed by atoms with Crippen molar-refractivity contribution in [3.05, 3.63) is 41.2 Å². The van der Waals surface area contributed by atoms with Crippen LogP contribution in [-0.4, -0.2) is 66.0 Å². The predicted octanol–water partition coefficient (Wildman–Crippen LogP) is 5.63. The summed E-state index contributed by atoms with van der Waals surface area (Å²) in [6, 6.07) is 6.48. The zero-order valence-electron chi connectivity index (χ0n) is 24.8. The van der Waals surface area contributed by atoms with Gasteiger partial charge in [0.2, 0.25) is 23.8 Å². The Bertz CT molecular complexity index is 1610. The van der Waals surface area contributed by atoms with Gasteiger partial charge in [-0.05, 0) is 79.8 Å². The normalized spacial score (nSPS) is 17.6. The minimum Gasteiger partial charge on any atom is -0.481 e. The second-order valence-electron chi connectivity index (χ2n) is 11.8. The lowest BCUT2D eigenvalue weighted by Crippen LogP contribution is -2.40. The monoisotopic (exact) mass is 640 g/mol. The van der Waals surface area contributed by atoms with Crippen LogP contribution in [-0.2, 0) is 25.5 Å². The number of amides is 2. The first kappa shape index (κ1) is 31.0. The third-order valence-electron chi connectivity index (χ3n) is 8.68. The van der Waals surface area contributed by atoms with Gasteiger partial charge in [0.15, 0.2) is 5.13 Å². The Kier molecular flexibility index (Phi) is 9.09. The molecule has 1 aliphatic carbocycles. The van der Waals surface area contributed by atoms with Gasteiger partial charge in [0.1, 0.15) is 17.3 Å². The maximum atomic E-state index is 15.9. The number of aryl methyl sites for hydroxylation is 1. The lowest BCUT2D eigenvalue weighted by atomic mass is 9.86. The number of anilines is 2. The summed E-state index contributed by atoms with van der Waals surface area (Å²) in [5.74, 6) is -1.32. The number of hydrogen-bond donors (Lipinski definition) is 1. The molecule has 2 fully saturated rings. The maximum Gasteiger partial charge on any atom is 0.304 e. The summed E-state index contributed by atoms with van der Waals surface area (Å²) < 4.78 is 39.6. The smallest absolute Gasteiger partial charge is 0.304 e. The number of carbonyl (C=O) groups excluding carboxylic acids is 2. The fourth-order valence-electron chi connectivity index (χ4n) is 6.17. The number of aliphatic carboxylic acids is 1. The molecule has 1 saturated heterocycles. The first-order valence-corrected chi connectivity index (χ1v) is 15.9. The van der Waals surface area contributed by atoms with Crippen molar-refractivity contribution in [3.63, 3.8) is 0 Å². The predicted molar refractivity (Wildman–Crippen MR) is 163 cm³/mol. The van der Waals surface area contributed by atoms with E-state index in [0.29, 0.717) is 67.8 Å². The van der Waals surface area contributed by atoms with Crippen LogP contribution in [0.1, 0.15) is 50.5 Å². The van der Waals surface area contributed by atoms with Gasteiger partial charge in [-0.3, -0.25) is 24.2 Å². The summed E-state index contributed by atoms with van der Waals surface area (Å²) >= 11 is 0.728. The lowest BCUT2D eigenvalue weighted by molar-refractivity contribution is -0.141. The van der Waals surface area contributed by atoms with Gasteiger partial charge < -0.3 is 14.6 Å². The molecule has 10 nitrogen and oxygen atoms in total. The zero-order valence-corrected chi connectivity index (χ0v) is 25.7. The van der Waals surface area contributed by atoms with Crippen LogP contribution < -0.4 is 14.5 Å². The Hall–Kier alpha value is -3.97. The number of alkyl halides is 1. The Balaban J connectivity index is 1.37. The van der Waals surface area contributed by atoms with Gasteiger partial charge in [-0.2, -0.15) is 4.39 Å². The van der Waals surface area contributed by atoms with E-state index in [1.165, 1.54) is 15.9 Å². The van der Waals surface area contributed by atoms with Crippen molar-refractivity contribution in [2.75, 3.05) is 36.9 Å². The molecule has 0 radical (unpaired) electrons. The van der Waals surface area contributed by atoms with Crippen LogP contribution in [0.15, 0.2) is 30.5 Å². The van der Waals surface area contributed by atoms with E-state index in [4.69, 9.17) is 9.47 Å². The number of nitrogens with zero attached hydrogens (tertiary/aromatic N) is 4. The van der Waals surface area contributed by atoms with Gasteiger partial charge in [0, 0.05) is 56.0 Å². The number of ether oxygens (including phenoxy) is 2.